The summed E-state index contributed by atoms with van der Waals surface area (Å²) in [6, 6.07) is 7.62. The van der Waals surface area contributed by atoms with E-state index in [1.165, 1.54) is 12.8 Å². The highest BCUT2D eigenvalue weighted by molar-refractivity contribution is 7.92. The molecule has 3 heterocycles. The van der Waals surface area contributed by atoms with E-state index < -0.39 is 10.0 Å². The molecule has 1 saturated heterocycles. The first-order chi connectivity index (χ1) is 19.2. The van der Waals surface area contributed by atoms with Crippen LogP contribution in [0.3, 0.4) is 0 Å². The van der Waals surface area contributed by atoms with E-state index in [0.29, 0.717) is 37.8 Å². The Bertz CT molecular complexity index is 1260. The highest BCUT2D eigenvalue weighted by Crippen LogP contribution is 2.28. The number of carbonyl (C=O) groups excluding carboxylic acids is 2. The molecule has 40 heavy (non-hydrogen) atoms. The van der Waals surface area contributed by atoms with E-state index in [9.17, 15) is 18.0 Å². The van der Waals surface area contributed by atoms with Gasteiger partial charge >= 0.3 is 0 Å². The fourth-order valence-electron chi connectivity index (χ4n) is 5.46. The van der Waals surface area contributed by atoms with Crippen LogP contribution in [0.1, 0.15) is 67.8 Å². The molecule has 1 aromatic heterocycles. The Hall–Kier alpha value is -2.96. The third-order valence-corrected chi connectivity index (χ3v) is 8.06. The van der Waals surface area contributed by atoms with Crippen LogP contribution in [0.4, 0.5) is 11.5 Å². The van der Waals surface area contributed by atoms with Crippen LogP contribution >= 0.6 is 0 Å². The molecule has 0 unspecified atom stereocenters. The van der Waals surface area contributed by atoms with E-state index in [-0.39, 0.29) is 17.6 Å². The Kier molecular flexibility index (Phi) is 10.6. The molecule has 0 saturated carbocycles. The Labute approximate surface area is 237 Å². The standard InChI is InChI=1S/C28H42N6O5S/c1-22(35)34-15-7-5-3-4-6-14-32(25-11-18-39-19-12-25)21-24-20-23(8-9-26(24)34)28(36)29-13-17-33-16-10-27(30-33)31-40(2,37)38/h8-10,16,20,25H,3-7,11-15,17-19,21H2,1-2H3,(H,29,36)(H,30,31). The maximum atomic E-state index is 13.1. The van der Waals surface area contributed by atoms with E-state index in [2.05, 4.69) is 20.0 Å². The number of benzene rings is 1. The van der Waals surface area contributed by atoms with Crippen LogP contribution in [0, 0.1) is 0 Å². The maximum absolute atomic E-state index is 13.1. The summed E-state index contributed by atoms with van der Waals surface area (Å²) in [5, 5.41) is 7.11. The number of ether oxygens (including phenoxy) is 1. The monoisotopic (exact) mass is 574 g/mol. The van der Waals surface area contributed by atoms with Crippen LogP contribution in [0.2, 0.25) is 0 Å². The summed E-state index contributed by atoms with van der Waals surface area (Å²) >= 11 is 0. The van der Waals surface area contributed by atoms with Crippen LogP contribution in [0.15, 0.2) is 30.5 Å². The Balaban J connectivity index is 1.51. The average Bonchev–Trinajstić information content (AvgIpc) is 3.34. The number of hydrogen-bond donors (Lipinski definition) is 2. The lowest BCUT2D eigenvalue weighted by molar-refractivity contribution is -0.116. The van der Waals surface area contributed by atoms with Crippen molar-refractivity contribution < 1.29 is 22.7 Å². The van der Waals surface area contributed by atoms with Gasteiger partial charge in [-0.2, -0.15) is 5.10 Å². The first kappa shape index (κ1) is 30.0. The number of anilines is 2. The van der Waals surface area contributed by atoms with Gasteiger partial charge in [-0.1, -0.05) is 19.3 Å². The van der Waals surface area contributed by atoms with Crippen LogP contribution in [-0.2, 0) is 32.6 Å². The van der Waals surface area contributed by atoms with Gasteiger partial charge in [-0.3, -0.25) is 23.9 Å². The molecule has 12 heteroatoms. The minimum absolute atomic E-state index is 0.0112. The summed E-state index contributed by atoms with van der Waals surface area (Å²) in [6.45, 7) is 6.18. The molecule has 0 atom stereocenters. The fraction of sp³-hybridized carbons (Fsp3) is 0.607. The number of carbonyl (C=O) groups is 2. The van der Waals surface area contributed by atoms with Crippen molar-refractivity contribution in [3.05, 3.63) is 41.6 Å². The van der Waals surface area contributed by atoms with E-state index in [0.717, 1.165) is 69.4 Å². The number of aromatic nitrogens is 2. The molecule has 4 rings (SSSR count). The van der Waals surface area contributed by atoms with Gasteiger partial charge in [0, 0.05) is 69.3 Å². The van der Waals surface area contributed by atoms with Crippen molar-refractivity contribution in [2.45, 2.75) is 71.0 Å². The van der Waals surface area contributed by atoms with Crippen molar-refractivity contribution in [3.8, 4) is 0 Å². The molecule has 11 nitrogen and oxygen atoms in total. The quantitative estimate of drug-likeness (QED) is 0.521. The molecule has 2 aliphatic heterocycles. The number of fused-ring (bicyclic) bond motifs is 1. The number of nitrogens with one attached hydrogen (secondary N) is 2. The zero-order chi connectivity index (χ0) is 28.5. The molecule has 2 amide bonds. The molecule has 0 bridgehead atoms. The Morgan fingerprint density at radius 2 is 1.77 bits per heavy atom. The summed E-state index contributed by atoms with van der Waals surface area (Å²) in [7, 11) is -3.40. The van der Waals surface area contributed by atoms with Crippen molar-refractivity contribution in [2.75, 3.05) is 48.7 Å². The Morgan fingerprint density at radius 3 is 2.50 bits per heavy atom. The predicted octanol–water partition coefficient (Wildman–Crippen LogP) is 2.98. The first-order valence-electron chi connectivity index (χ1n) is 14.2. The zero-order valence-electron chi connectivity index (χ0n) is 23.6. The second-order valence-electron chi connectivity index (χ2n) is 10.7. The average molecular weight is 575 g/mol. The summed E-state index contributed by atoms with van der Waals surface area (Å²) in [6.07, 6.45) is 10.2. The number of hydrogen-bond acceptors (Lipinski definition) is 7. The van der Waals surface area contributed by atoms with Crippen molar-refractivity contribution in [1.29, 1.82) is 0 Å². The van der Waals surface area contributed by atoms with E-state index in [1.54, 1.807) is 29.9 Å². The SMILES string of the molecule is CC(=O)N1CCCCCCCN(C2CCOCC2)Cc2cc(C(=O)NCCn3ccc(NS(C)(=O)=O)n3)ccc21. The third kappa shape index (κ3) is 8.77. The number of nitrogens with zero attached hydrogens (tertiary/aromatic N) is 4. The lowest BCUT2D eigenvalue weighted by Crippen LogP contribution is -2.40. The van der Waals surface area contributed by atoms with E-state index >= 15 is 0 Å². The van der Waals surface area contributed by atoms with Crippen LogP contribution < -0.4 is 14.9 Å². The maximum Gasteiger partial charge on any atom is 0.251 e. The fourth-order valence-corrected chi connectivity index (χ4v) is 5.94. The summed E-state index contributed by atoms with van der Waals surface area (Å²) < 4.78 is 32.3. The van der Waals surface area contributed by atoms with Crippen molar-refractivity contribution in [1.82, 2.24) is 20.0 Å². The molecule has 0 spiro atoms. The van der Waals surface area contributed by atoms with Gasteiger partial charge in [-0.15, -0.1) is 0 Å². The molecule has 2 aromatic rings. The molecule has 0 aliphatic carbocycles. The number of rotatable bonds is 7. The second kappa shape index (κ2) is 14.1. The van der Waals surface area contributed by atoms with Gasteiger partial charge in [0.1, 0.15) is 0 Å². The van der Waals surface area contributed by atoms with Crippen LogP contribution in [0.5, 0.6) is 0 Å². The minimum atomic E-state index is -3.40. The second-order valence-corrected chi connectivity index (χ2v) is 12.4. The molecule has 1 fully saturated rings. The molecule has 0 radical (unpaired) electrons. The first-order valence-corrected chi connectivity index (χ1v) is 16.1. The van der Waals surface area contributed by atoms with Crippen molar-refractivity contribution in [3.63, 3.8) is 0 Å². The van der Waals surface area contributed by atoms with Crippen molar-refractivity contribution >= 4 is 33.3 Å². The number of sulfonamides is 1. The number of amides is 2. The normalized spacial score (nSPS) is 18.3. The summed E-state index contributed by atoms with van der Waals surface area (Å²) in [4.78, 5) is 30.2. The molecular weight excluding hydrogens is 532 g/mol. The van der Waals surface area contributed by atoms with Gasteiger partial charge in [0.15, 0.2) is 5.82 Å². The van der Waals surface area contributed by atoms with Gasteiger partial charge in [0.25, 0.3) is 5.91 Å². The highest BCUT2D eigenvalue weighted by atomic mass is 32.2. The molecular formula is C28H42N6O5S. The van der Waals surface area contributed by atoms with E-state index in [1.807, 2.05) is 17.0 Å². The van der Waals surface area contributed by atoms with Crippen LogP contribution in [0.25, 0.3) is 0 Å². The molecule has 1 aromatic carbocycles. The van der Waals surface area contributed by atoms with E-state index in [4.69, 9.17) is 4.74 Å². The topological polar surface area (TPSA) is 126 Å². The predicted molar refractivity (Wildman–Crippen MR) is 155 cm³/mol. The van der Waals surface area contributed by atoms with Gasteiger partial charge in [-0.05, 0) is 56.0 Å². The summed E-state index contributed by atoms with van der Waals surface area (Å²) in [5.74, 6) is 0.0393. The Morgan fingerprint density at radius 1 is 1.05 bits per heavy atom. The smallest absolute Gasteiger partial charge is 0.251 e. The van der Waals surface area contributed by atoms with Gasteiger partial charge in [-0.25, -0.2) is 8.42 Å². The summed E-state index contributed by atoms with van der Waals surface area (Å²) in [5.41, 5.74) is 2.41. The molecule has 2 aliphatic rings. The van der Waals surface area contributed by atoms with Gasteiger partial charge in [0.2, 0.25) is 15.9 Å². The lowest BCUT2D eigenvalue weighted by atomic mass is 10.0. The van der Waals surface area contributed by atoms with Gasteiger partial charge in [0.05, 0.1) is 12.8 Å². The molecule has 2 N–H and O–H groups in total. The molecule has 220 valence electrons. The third-order valence-electron chi connectivity index (χ3n) is 7.48. The largest absolute Gasteiger partial charge is 0.381 e. The van der Waals surface area contributed by atoms with Crippen molar-refractivity contribution in [2.24, 2.45) is 0 Å². The lowest BCUT2D eigenvalue weighted by Gasteiger charge is -2.36. The zero-order valence-corrected chi connectivity index (χ0v) is 24.4. The van der Waals surface area contributed by atoms with Crippen LogP contribution in [-0.4, -0.2) is 80.1 Å². The minimum Gasteiger partial charge on any atom is -0.381 e. The highest BCUT2D eigenvalue weighted by Gasteiger charge is 2.25. The van der Waals surface area contributed by atoms with Gasteiger partial charge < -0.3 is 15.0 Å².